The van der Waals surface area contributed by atoms with E-state index < -0.39 is 5.63 Å². The van der Waals surface area contributed by atoms with E-state index in [2.05, 4.69) is 10.3 Å². The van der Waals surface area contributed by atoms with E-state index in [4.69, 9.17) is 13.9 Å². The van der Waals surface area contributed by atoms with Crippen molar-refractivity contribution in [3.8, 4) is 11.6 Å². The molecule has 0 atom stereocenters. The van der Waals surface area contributed by atoms with Gasteiger partial charge >= 0.3 is 5.63 Å². The maximum atomic E-state index is 12.3. The Morgan fingerprint density at radius 2 is 2.00 bits per heavy atom. The van der Waals surface area contributed by atoms with Gasteiger partial charge in [-0.2, -0.15) is 0 Å². The Morgan fingerprint density at radius 3 is 2.68 bits per heavy atom. The van der Waals surface area contributed by atoms with Crippen molar-refractivity contribution in [2.75, 3.05) is 14.2 Å². The van der Waals surface area contributed by atoms with E-state index in [0.717, 1.165) is 16.5 Å². The average Bonchev–Trinajstić information content (AvgIpc) is 2.71. The largest absolute Gasteiger partial charge is 0.497 e. The highest BCUT2D eigenvalue weighted by atomic mass is 16.5. The highest BCUT2D eigenvalue weighted by molar-refractivity contribution is 5.82. The van der Waals surface area contributed by atoms with Crippen LogP contribution in [-0.4, -0.2) is 25.1 Å². The Balaban J connectivity index is 1.65. The summed E-state index contributed by atoms with van der Waals surface area (Å²) < 4.78 is 15.6. The van der Waals surface area contributed by atoms with Crippen LogP contribution >= 0.6 is 0 Å². The van der Waals surface area contributed by atoms with Gasteiger partial charge in [0.05, 0.1) is 14.2 Å². The summed E-state index contributed by atoms with van der Waals surface area (Å²) >= 11 is 0. The van der Waals surface area contributed by atoms with Crippen molar-refractivity contribution in [1.29, 1.82) is 0 Å². The van der Waals surface area contributed by atoms with Gasteiger partial charge in [0, 0.05) is 42.2 Å². The molecule has 28 heavy (non-hydrogen) atoms. The van der Waals surface area contributed by atoms with E-state index in [1.165, 1.54) is 0 Å². The molecule has 0 fully saturated rings. The monoisotopic (exact) mass is 382 g/mol. The summed E-state index contributed by atoms with van der Waals surface area (Å²) in [5, 5.41) is 3.66. The second-order valence-corrected chi connectivity index (χ2v) is 6.34. The molecule has 0 aliphatic rings. The topological polar surface area (TPSA) is 90.7 Å². The molecule has 0 aliphatic carbocycles. The third-order valence-corrected chi connectivity index (χ3v) is 4.59. The second-order valence-electron chi connectivity index (χ2n) is 6.34. The van der Waals surface area contributed by atoms with Crippen LogP contribution in [-0.2, 0) is 17.8 Å². The minimum atomic E-state index is -0.426. The van der Waals surface area contributed by atoms with Gasteiger partial charge in [-0.05, 0) is 36.6 Å². The molecule has 3 aromatic rings. The number of aromatic nitrogens is 1. The molecule has 1 amide bonds. The molecule has 2 aromatic heterocycles. The number of nitrogens with zero attached hydrogens (tertiary/aromatic N) is 1. The molecule has 0 bridgehead atoms. The van der Waals surface area contributed by atoms with Crippen molar-refractivity contribution in [2.24, 2.45) is 0 Å². The molecule has 7 heteroatoms. The van der Waals surface area contributed by atoms with Crippen LogP contribution in [0.2, 0.25) is 0 Å². The molecule has 0 saturated heterocycles. The quantitative estimate of drug-likeness (QED) is 0.632. The van der Waals surface area contributed by atoms with Crippen LogP contribution in [0.15, 0.2) is 45.7 Å². The van der Waals surface area contributed by atoms with Gasteiger partial charge in [-0.3, -0.25) is 4.79 Å². The number of ether oxygens (including phenoxy) is 2. The number of methoxy groups -OCH3 is 2. The lowest BCUT2D eigenvalue weighted by atomic mass is 10.0. The first-order chi connectivity index (χ1) is 13.5. The molecule has 0 spiro atoms. The number of hydrogen-bond donors (Lipinski definition) is 1. The van der Waals surface area contributed by atoms with Crippen LogP contribution in [0.5, 0.6) is 11.6 Å². The zero-order valence-electron chi connectivity index (χ0n) is 16.1. The standard InChI is InChI=1S/C21H22N2O5/c1-13-16-6-5-15(26-2)10-18(16)28-21(25)17(13)7-8-19(24)22-11-14-4-9-20(27-3)23-12-14/h4-6,9-10,12H,7-8,11H2,1-3H3,(H,22,24). The predicted octanol–water partition coefficient (Wildman–Crippen LogP) is 2.76. The van der Waals surface area contributed by atoms with Gasteiger partial charge < -0.3 is 19.2 Å². The summed E-state index contributed by atoms with van der Waals surface area (Å²) in [7, 11) is 3.10. The molecule has 3 rings (SSSR count). The highest BCUT2D eigenvalue weighted by Gasteiger charge is 2.13. The maximum Gasteiger partial charge on any atom is 0.339 e. The van der Waals surface area contributed by atoms with Crippen molar-refractivity contribution < 1.29 is 18.7 Å². The number of rotatable bonds is 7. The number of nitrogens with one attached hydrogen (secondary N) is 1. The highest BCUT2D eigenvalue weighted by Crippen LogP contribution is 2.24. The third kappa shape index (κ3) is 4.31. The number of fused-ring (bicyclic) bond motifs is 1. The van der Waals surface area contributed by atoms with E-state index in [1.807, 2.05) is 25.1 Å². The number of pyridine rings is 1. The fourth-order valence-corrected chi connectivity index (χ4v) is 2.95. The Morgan fingerprint density at radius 1 is 1.18 bits per heavy atom. The number of hydrogen-bond acceptors (Lipinski definition) is 6. The molecule has 0 saturated carbocycles. The first kappa shape index (κ1) is 19.4. The molecule has 0 unspecified atom stereocenters. The molecule has 0 radical (unpaired) electrons. The summed E-state index contributed by atoms with van der Waals surface area (Å²) in [6.07, 6.45) is 2.15. The van der Waals surface area contributed by atoms with Crippen molar-refractivity contribution in [2.45, 2.75) is 26.3 Å². The summed E-state index contributed by atoms with van der Waals surface area (Å²) in [5.41, 5.74) is 2.25. The molecule has 146 valence electrons. The summed E-state index contributed by atoms with van der Waals surface area (Å²) in [5.74, 6) is 0.992. The van der Waals surface area contributed by atoms with E-state index >= 15 is 0 Å². The Labute approximate surface area is 162 Å². The second kappa shape index (κ2) is 8.56. The number of carbonyl (C=O) groups excluding carboxylic acids is 1. The van der Waals surface area contributed by atoms with Crippen LogP contribution in [0, 0.1) is 6.92 Å². The fraction of sp³-hybridized carbons (Fsp3) is 0.286. The normalized spacial score (nSPS) is 10.7. The molecule has 2 heterocycles. The first-order valence-electron chi connectivity index (χ1n) is 8.87. The molecular weight excluding hydrogens is 360 g/mol. The Kier molecular flexibility index (Phi) is 5.93. The average molecular weight is 382 g/mol. The van der Waals surface area contributed by atoms with E-state index in [-0.39, 0.29) is 12.3 Å². The van der Waals surface area contributed by atoms with Gasteiger partial charge in [0.25, 0.3) is 0 Å². The van der Waals surface area contributed by atoms with E-state index in [1.54, 1.807) is 32.5 Å². The summed E-state index contributed by atoms with van der Waals surface area (Å²) in [6.45, 7) is 2.23. The van der Waals surface area contributed by atoms with Crippen molar-refractivity contribution in [1.82, 2.24) is 10.3 Å². The van der Waals surface area contributed by atoms with Gasteiger partial charge in [0.2, 0.25) is 11.8 Å². The Hall–Kier alpha value is -3.35. The van der Waals surface area contributed by atoms with Crippen LogP contribution < -0.4 is 20.4 Å². The minimum Gasteiger partial charge on any atom is -0.497 e. The van der Waals surface area contributed by atoms with Crippen molar-refractivity contribution in [3.05, 3.63) is 63.6 Å². The van der Waals surface area contributed by atoms with Crippen molar-refractivity contribution >= 4 is 16.9 Å². The summed E-state index contributed by atoms with van der Waals surface area (Å²) in [4.78, 5) is 28.6. The summed E-state index contributed by atoms with van der Waals surface area (Å²) in [6, 6.07) is 8.92. The SMILES string of the molecule is COc1ccc2c(C)c(CCC(=O)NCc3ccc(OC)nc3)c(=O)oc2c1. The molecule has 1 N–H and O–H groups in total. The van der Waals surface area contributed by atoms with Crippen LogP contribution in [0.25, 0.3) is 11.0 Å². The van der Waals surface area contributed by atoms with Gasteiger partial charge in [0.1, 0.15) is 11.3 Å². The molecule has 7 nitrogen and oxygen atoms in total. The number of carbonyl (C=O) groups is 1. The number of amides is 1. The first-order valence-corrected chi connectivity index (χ1v) is 8.87. The van der Waals surface area contributed by atoms with Crippen LogP contribution in [0.1, 0.15) is 23.1 Å². The lowest BCUT2D eigenvalue weighted by Crippen LogP contribution is -2.24. The zero-order chi connectivity index (χ0) is 20.1. The number of aryl methyl sites for hydroxylation is 1. The Bertz CT molecular complexity index is 1040. The third-order valence-electron chi connectivity index (χ3n) is 4.59. The van der Waals surface area contributed by atoms with Gasteiger partial charge in [-0.15, -0.1) is 0 Å². The van der Waals surface area contributed by atoms with Gasteiger partial charge in [-0.25, -0.2) is 9.78 Å². The van der Waals surface area contributed by atoms with Crippen LogP contribution in [0.4, 0.5) is 0 Å². The zero-order valence-corrected chi connectivity index (χ0v) is 16.1. The van der Waals surface area contributed by atoms with Gasteiger partial charge in [-0.1, -0.05) is 6.07 Å². The van der Waals surface area contributed by atoms with Crippen molar-refractivity contribution in [3.63, 3.8) is 0 Å². The maximum absolute atomic E-state index is 12.3. The predicted molar refractivity (Wildman–Crippen MR) is 105 cm³/mol. The van der Waals surface area contributed by atoms with E-state index in [0.29, 0.717) is 35.7 Å². The molecule has 0 aliphatic heterocycles. The molecular formula is C21H22N2O5. The fourth-order valence-electron chi connectivity index (χ4n) is 2.95. The number of benzene rings is 1. The van der Waals surface area contributed by atoms with Crippen LogP contribution in [0.3, 0.4) is 0 Å². The minimum absolute atomic E-state index is 0.149. The lowest BCUT2D eigenvalue weighted by molar-refractivity contribution is -0.121. The van der Waals surface area contributed by atoms with E-state index in [9.17, 15) is 9.59 Å². The lowest BCUT2D eigenvalue weighted by Gasteiger charge is -2.09. The van der Waals surface area contributed by atoms with Gasteiger partial charge in [0.15, 0.2) is 0 Å². The molecule has 1 aromatic carbocycles. The smallest absolute Gasteiger partial charge is 0.339 e.